The van der Waals surface area contributed by atoms with Crippen LogP contribution in [0, 0.1) is 11.6 Å². The number of hydrogen-bond donors (Lipinski definition) is 1. The van der Waals surface area contributed by atoms with Gasteiger partial charge >= 0.3 is 0 Å². The molecule has 116 valence electrons. The van der Waals surface area contributed by atoms with Gasteiger partial charge in [-0.3, -0.25) is 0 Å². The number of ether oxygens (including phenoxy) is 1. The summed E-state index contributed by atoms with van der Waals surface area (Å²) in [6, 6.07) is 5.03. The molecule has 0 aliphatic carbocycles. The van der Waals surface area contributed by atoms with Crippen LogP contribution in [0.4, 0.5) is 14.7 Å². The molecule has 0 radical (unpaired) electrons. The van der Waals surface area contributed by atoms with Gasteiger partial charge in [0.2, 0.25) is 11.8 Å². The van der Waals surface area contributed by atoms with Gasteiger partial charge in [0.1, 0.15) is 0 Å². The molecule has 2 atom stereocenters. The number of halogens is 2. The minimum Gasteiger partial charge on any atom is -0.481 e. The summed E-state index contributed by atoms with van der Waals surface area (Å²) in [7, 11) is 1.50. The van der Waals surface area contributed by atoms with Gasteiger partial charge in [-0.25, -0.2) is 13.8 Å². The van der Waals surface area contributed by atoms with E-state index in [0.29, 0.717) is 30.4 Å². The minimum atomic E-state index is -0.912. The SMILES string of the molecule is COc1ccnc(N2C[C@@H](O)C[C@H]2c2ccc(F)c(F)c2)n1. The van der Waals surface area contributed by atoms with Crippen LogP contribution in [0.3, 0.4) is 0 Å². The quantitative estimate of drug-likeness (QED) is 0.941. The number of rotatable bonds is 3. The molecule has 2 aromatic rings. The molecule has 1 aliphatic rings. The third-order valence-corrected chi connectivity index (χ3v) is 3.69. The first-order chi connectivity index (χ1) is 10.6. The Morgan fingerprint density at radius 2 is 2.09 bits per heavy atom. The predicted molar refractivity (Wildman–Crippen MR) is 75.7 cm³/mol. The maximum Gasteiger partial charge on any atom is 0.229 e. The van der Waals surface area contributed by atoms with E-state index in [2.05, 4.69) is 9.97 Å². The summed E-state index contributed by atoms with van der Waals surface area (Å²) in [4.78, 5) is 10.2. The van der Waals surface area contributed by atoms with Gasteiger partial charge in [-0.1, -0.05) is 6.07 Å². The van der Waals surface area contributed by atoms with E-state index in [1.165, 1.54) is 13.2 Å². The second kappa shape index (κ2) is 5.84. The van der Waals surface area contributed by atoms with Crippen molar-refractivity contribution in [1.29, 1.82) is 0 Å². The van der Waals surface area contributed by atoms with Crippen molar-refractivity contribution in [2.75, 3.05) is 18.6 Å². The lowest BCUT2D eigenvalue weighted by Crippen LogP contribution is -2.26. The Hall–Kier alpha value is -2.28. The second-order valence-corrected chi connectivity index (χ2v) is 5.13. The van der Waals surface area contributed by atoms with Gasteiger partial charge in [0.05, 0.1) is 19.3 Å². The van der Waals surface area contributed by atoms with Crippen LogP contribution in [0.15, 0.2) is 30.5 Å². The number of aliphatic hydroxyl groups excluding tert-OH is 1. The van der Waals surface area contributed by atoms with E-state index in [-0.39, 0.29) is 6.04 Å². The summed E-state index contributed by atoms with van der Waals surface area (Å²) >= 11 is 0. The Bertz CT molecular complexity index is 684. The van der Waals surface area contributed by atoms with Crippen molar-refractivity contribution in [3.63, 3.8) is 0 Å². The summed E-state index contributed by atoms with van der Waals surface area (Å²) in [6.07, 6.45) is 1.35. The predicted octanol–water partition coefficient (Wildman–Crippen LogP) is 2.08. The Morgan fingerprint density at radius 3 is 2.82 bits per heavy atom. The van der Waals surface area contributed by atoms with Gasteiger partial charge in [-0.05, 0) is 24.1 Å². The fourth-order valence-corrected chi connectivity index (χ4v) is 2.65. The molecule has 0 bridgehead atoms. The van der Waals surface area contributed by atoms with Crippen LogP contribution in [0.2, 0.25) is 0 Å². The molecular weight excluding hydrogens is 292 g/mol. The minimum absolute atomic E-state index is 0.316. The van der Waals surface area contributed by atoms with Crippen molar-refractivity contribution in [2.24, 2.45) is 0 Å². The van der Waals surface area contributed by atoms with Crippen molar-refractivity contribution in [1.82, 2.24) is 9.97 Å². The third kappa shape index (κ3) is 2.71. The van der Waals surface area contributed by atoms with E-state index >= 15 is 0 Å². The molecule has 0 unspecified atom stereocenters. The fourth-order valence-electron chi connectivity index (χ4n) is 2.65. The van der Waals surface area contributed by atoms with Crippen molar-refractivity contribution in [3.05, 3.63) is 47.7 Å². The van der Waals surface area contributed by atoms with E-state index in [4.69, 9.17) is 4.74 Å². The highest BCUT2D eigenvalue weighted by Crippen LogP contribution is 2.35. The molecule has 0 spiro atoms. The number of aromatic nitrogens is 2. The second-order valence-electron chi connectivity index (χ2n) is 5.13. The van der Waals surface area contributed by atoms with Gasteiger partial charge in [0, 0.05) is 18.8 Å². The zero-order valence-corrected chi connectivity index (χ0v) is 11.9. The van der Waals surface area contributed by atoms with Gasteiger partial charge in [0.15, 0.2) is 11.6 Å². The standard InChI is InChI=1S/C15H15F2N3O2/c1-22-14-4-5-18-15(19-14)20-8-10(21)7-13(20)9-2-3-11(16)12(17)6-9/h2-6,10,13,21H,7-8H2,1H3/t10-,13-/m0/s1. The first-order valence-electron chi connectivity index (χ1n) is 6.85. The lowest BCUT2D eigenvalue weighted by atomic mass is 10.0. The summed E-state index contributed by atoms with van der Waals surface area (Å²) in [5, 5.41) is 9.95. The molecule has 1 aliphatic heterocycles. The number of nitrogens with zero attached hydrogens (tertiary/aromatic N) is 3. The fraction of sp³-hybridized carbons (Fsp3) is 0.333. The van der Waals surface area contributed by atoms with Crippen LogP contribution in [-0.2, 0) is 0 Å². The Balaban J connectivity index is 1.96. The highest BCUT2D eigenvalue weighted by Gasteiger charge is 2.34. The molecule has 3 rings (SSSR count). The zero-order chi connectivity index (χ0) is 15.7. The van der Waals surface area contributed by atoms with Crippen LogP contribution >= 0.6 is 0 Å². The molecule has 1 N–H and O–H groups in total. The van der Waals surface area contributed by atoms with Crippen LogP contribution in [0.25, 0.3) is 0 Å². The van der Waals surface area contributed by atoms with Crippen LogP contribution < -0.4 is 9.64 Å². The van der Waals surface area contributed by atoms with Crippen molar-refractivity contribution < 1.29 is 18.6 Å². The molecule has 0 amide bonds. The molecule has 7 heteroatoms. The van der Waals surface area contributed by atoms with Crippen LogP contribution in [0.5, 0.6) is 5.88 Å². The van der Waals surface area contributed by atoms with E-state index in [9.17, 15) is 13.9 Å². The van der Waals surface area contributed by atoms with Gasteiger partial charge in [0.25, 0.3) is 0 Å². The maximum absolute atomic E-state index is 13.5. The molecule has 22 heavy (non-hydrogen) atoms. The third-order valence-electron chi connectivity index (χ3n) is 3.69. The van der Waals surface area contributed by atoms with E-state index < -0.39 is 17.7 Å². The van der Waals surface area contributed by atoms with Gasteiger partial charge in [-0.15, -0.1) is 0 Å². The molecule has 0 saturated carbocycles. The number of methoxy groups -OCH3 is 1. The first-order valence-corrected chi connectivity index (χ1v) is 6.85. The van der Waals surface area contributed by atoms with Crippen molar-refractivity contribution in [2.45, 2.75) is 18.6 Å². The molecular formula is C15H15F2N3O2. The summed E-state index contributed by atoms with van der Waals surface area (Å²) in [6.45, 7) is 0.316. The first kappa shape index (κ1) is 14.6. The van der Waals surface area contributed by atoms with E-state index in [1.54, 1.807) is 17.2 Å². The maximum atomic E-state index is 13.5. The number of anilines is 1. The number of β-amino-alcohol motifs (C(OH)–C–C–N with tert-alkyl or cyclic N) is 1. The Morgan fingerprint density at radius 1 is 1.27 bits per heavy atom. The average molecular weight is 307 g/mol. The van der Waals surface area contributed by atoms with Gasteiger partial charge in [-0.2, -0.15) is 4.98 Å². The summed E-state index contributed by atoms with van der Waals surface area (Å²) < 4.78 is 31.6. The highest BCUT2D eigenvalue weighted by atomic mass is 19.2. The number of aliphatic hydroxyl groups is 1. The highest BCUT2D eigenvalue weighted by molar-refractivity contribution is 5.40. The Labute approximate surface area is 126 Å². The number of benzene rings is 1. The molecule has 1 aromatic heterocycles. The van der Waals surface area contributed by atoms with Gasteiger partial charge < -0.3 is 14.7 Å². The molecule has 2 heterocycles. The average Bonchev–Trinajstić information content (AvgIpc) is 2.92. The molecule has 1 saturated heterocycles. The van der Waals surface area contributed by atoms with Crippen molar-refractivity contribution in [3.8, 4) is 5.88 Å². The molecule has 1 fully saturated rings. The smallest absolute Gasteiger partial charge is 0.229 e. The lowest BCUT2D eigenvalue weighted by Gasteiger charge is -2.24. The normalized spacial score (nSPS) is 21.2. The molecule has 5 nitrogen and oxygen atoms in total. The lowest BCUT2D eigenvalue weighted by molar-refractivity contribution is 0.194. The van der Waals surface area contributed by atoms with Crippen LogP contribution in [0.1, 0.15) is 18.0 Å². The summed E-state index contributed by atoms with van der Waals surface area (Å²) in [5.41, 5.74) is 0.571. The topological polar surface area (TPSA) is 58.5 Å². The number of hydrogen-bond acceptors (Lipinski definition) is 5. The van der Waals surface area contributed by atoms with Crippen LogP contribution in [-0.4, -0.2) is 34.8 Å². The van der Waals surface area contributed by atoms with E-state index in [1.807, 2.05) is 0 Å². The summed E-state index contributed by atoms with van der Waals surface area (Å²) in [5.74, 6) is -1.03. The van der Waals surface area contributed by atoms with E-state index in [0.717, 1.165) is 12.1 Å². The largest absolute Gasteiger partial charge is 0.481 e. The zero-order valence-electron chi connectivity index (χ0n) is 11.9. The molecule has 1 aromatic carbocycles. The van der Waals surface area contributed by atoms with Crippen molar-refractivity contribution >= 4 is 5.95 Å². The monoisotopic (exact) mass is 307 g/mol. The Kier molecular flexibility index (Phi) is 3.89.